The van der Waals surface area contributed by atoms with Gasteiger partial charge in [0, 0.05) is 0 Å². The van der Waals surface area contributed by atoms with E-state index < -0.39 is 0 Å². The molecule has 0 saturated heterocycles. The topological polar surface area (TPSA) is 0 Å². The smallest absolute Gasteiger partial charge is 0.0354 e. The largest absolute Gasteiger partial charge is 0.0651 e. The molecular formula is C13H28. The molecule has 0 aromatic rings. The molecule has 0 heteroatoms. The molecular weight excluding hydrogens is 156 g/mol. The Morgan fingerprint density at radius 3 is 1.62 bits per heavy atom. The molecule has 0 rings (SSSR count). The first-order valence-electron chi connectivity index (χ1n) is 5.67. The van der Waals surface area contributed by atoms with Crippen molar-refractivity contribution in [1.29, 1.82) is 0 Å². The van der Waals surface area contributed by atoms with Crippen LogP contribution in [-0.4, -0.2) is 0 Å². The van der Waals surface area contributed by atoms with Crippen LogP contribution in [0.25, 0.3) is 0 Å². The maximum absolute atomic E-state index is 2.36. The molecule has 0 radical (unpaired) electrons. The fourth-order valence-electron chi connectivity index (χ4n) is 1.86. The lowest BCUT2D eigenvalue weighted by Gasteiger charge is -2.32. The highest BCUT2D eigenvalue weighted by molar-refractivity contribution is 4.75. The molecule has 13 heavy (non-hydrogen) atoms. The third kappa shape index (κ3) is 6.12. The molecule has 0 aromatic heterocycles. The first-order chi connectivity index (χ1) is 5.67. The van der Waals surface area contributed by atoms with E-state index in [-0.39, 0.29) is 0 Å². The molecule has 0 aliphatic rings. The van der Waals surface area contributed by atoms with Gasteiger partial charge in [0.25, 0.3) is 0 Å². The highest BCUT2D eigenvalue weighted by Crippen LogP contribution is 2.35. The summed E-state index contributed by atoms with van der Waals surface area (Å²) in [6, 6.07) is 0. The Morgan fingerprint density at radius 1 is 0.923 bits per heavy atom. The van der Waals surface area contributed by atoms with Crippen molar-refractivity contribution < 1.29 is 0 Å². The Bertz CT molecular complexity index is 131. The van der Waals surface area contributed by atoms with E-state index in [2.05, 4.69) is 48.5 Å². The van der Waals surface area contributed by atoms with Gasteiger partial charge in [-0.1, -0.05) is 54.9 Å². The molecule has 0 fully saturated rings. The fourth-order valence-corrected chi connectivity index (χ4v) is 1.86. The second kappa shape index (κ2) is 4.48. The van der Waals surface area contributed by atoms with Crippen molar-refractivity contribution in [2.24, 2.45) is 16.7 Å². The molecule has 0 N–H and O–H groups in total. The van der Waals surface area contributed by atoms with E-state index in [0.717, 1.165) is 5.92 Å². The lowest BCUT2D eigenvalue weighted by Crippen LogP contribution is -2.21. The van der Waals surface area contributed by atoms with Crippen LogP contribution in [0.2, 0.25) is 0 Å². The van der Waals surface area contributed by atoms with Gasteiger partial charge in [-0.25, -0.2) is 0 Å². The zero-order chi connectivity index (χ0) is 10.7. The van der Waals surface area contributed by atoms with Gasteiger partial charge in [-0.3, -0.25) is 0 Å². The van der Waals surface area contributed by atoms with Gasteiger partial charge in [0.15, 0.2) is 0 Å². The monoisotopic (exact) mass is 184 g/mol. The number of rotatable bonds is 3. The van der Waals surface area contributed by atoms with Crippen molar-refractivity contribution in [3.8, 4) is 0 Å². The van der Waals surface area contributed by atoms with Crippen LogP contribution >= 0.6 is 0 Å². The van der Waals surface area contributed by atoms with Crippen LogP contribution in [0.1, 0.15) is 67.7 Å². The second-order valence-corrected chi connectivity index (χ2v) is 6.57. The second-order valence-electron chi connectivity index (χ2n) is 6.57. The predicted molar refractivity (Wildman–Crippen MR) is 61.9 cm³/mol. The average molecular weight is 184 g/mol. The molecule has 1 unspecified atom stereocenters. The Balaban J connectivity index is 4.02. The van der Waals surface area contributed by atoms with Crippen LogP contribution in [0.3, 0.4) is 0 Å². The summed E-state index contributed by atoms with van der Waals surface area (Å²) in [6.45, 7) is 16.4. The van der Waals surface area contributed by atoms with Gasteiger partial charge in [-0.05, 0) is 29.6 Å². The van der Waals surface area contributed by atoms with E-state index in [1.807, 2.05) is 0 Å². The Labute approximate surface area is 85.1 Å². The van der Waals surface area contributed by atoms with E-state index in [4.69, 9.17) is 0 Å². The van der Waals surface area contributed by atoms with Crippen molar-refractivity contribution in [2.75, 3.05) is 0 Å². The van der Waals surface area contributed by atoms with Crippen LogP contribution in [-0.2, 0) is 0 Å². The fraction of sp³-hybridized carbons (Fsp3) is 1.00. The third-order valence-electron chi connectivity index (χ3n) is 2.96. The minimum Gasteiger partial charge on any atom is -0.0651 e. The van der Waals surface area contributed by atoms with Crippen molar-refractivity contribution in [3.05, 3.63) is 0 Å². The number of hydrogen-bond donors (Lipinski definition) is 0. The molecule has 1 atom stereocenters. The highest BCUT2D eigenvalue weighted by Gasteiger charge is 2.24. The van der Waals surface area contributed by atoms with Crippen LogP contribution < -0.4 is 0 Å². The van der Waals surface area contributed by atoms with Gasteiger partial charge in [-0.15, -0.1) is 0 Å². The summed E-state index contributed by atoms with van der Waals surface area (Å²) < 4.78 is 0. The molecule has 0 heterocycles. The van der Waals surface area contributed by atoms with Crippen molar-refractivity contribution in [2.45, 2.75) is 67.7 Å². The maximum Gasteiger partial charge on any atom is -0.0354 e. The van der Waals surface area contributed by atoms with E-state index >= 15 is 0 Å². The van der Waals surface area contributed by atoms with Crippen molar-refractivity contribution in [1.82, 2.24) is 0 Å². The highest BCUT2D eigenvalue weighted by atomic mass is 14.3. The Morgan fingerprint density at radius 2 is 1.38 bits per heavy atom. The molecule has 0 bridgehead atoms. The predicted octanol–water partition coefficient (Wildman–Crippen LogP) is 4.89. The van der Waals surface area contributed by atoms with E-state index in [1.165, 1.54) is 19.3 Å². The lowest BCUT2D eigenvalue weighted by molar-refractivity contribution is 0.190. The lowest BCUT2D eigenvalue weighted by atomic mass is 9.74. The molecule has 80 valence electrons. The molecule has 0 amide bonds. The van der Waals surface area contributed by atoms with Gasteiger partial charge in [0.05, 0.1) is 0 Å². The summed E-state index contributed by atoms with van der Waals surface area (Å²) in [5.41, 5.74) is 0.985. The van der Waals surface area contributed by atoms with Crippen LogP contribution in [0.4, 0.5) is 0 Å². The Kier molecular flexibility index (Phi) is 4.48. The van der Waals surface area contributed by atoms with Gasteiger partial charge in [0.2, 0.25) is 0 Å². The minimum atomic E-state index is 0.486. The molecule has 0 nitrogen and oxygen atoms in total. The SMILES string of the molecule is CCC(CCC(C)(C)C)C(C)(C)C. The summed E-state index contributed by atoms with van der Waals surface area (Å²) in [4.78, 5) is 0. The zero-order valence-electron chi connectivity index (χ0n) is 10.7. The molecule has 0 saturated carbocycles. The molecule has 0 aromatic carbocycles. The normalized spacial score (nSPS) is 15.9. The van der Waals surface area contributed by atoms with Crippen molar-refractivity contribution >= 4 is 0 Å². The summed E-state index contributed by atoms with van der Waals surface area (Å²) in [5.74, 6) is 0.881. The van der Waals surface area contributed by atoms with E-state index in [9.17, 15) is 0 Å². The summed E-state index contributed by atoms with van der Waals surface area (Å²) in [6.07, 6.45) is 4.05. The zero-order valence-corrected chi connectivity index (χ0v) is 10.7. The third-order valence-corrected chi connectivity index (χ3v) is 2.96. The average Bonchev–Trinajstić information content (AvgIpc) is 1.82. The molecule has 0 aliphatic heterocycles. The van der Waals surface area contributed by atoms with Crippen molar-refractivity contribution in [3.63, 3.8) is 0 Å². The van der Waals surface area contributed by atoms with Gasteiger partial charge in [-0.2, -0.15) is 0 Å². The first kappa shape index (κ1) is 13.0. The maximum atomic E-state index is 2.36. The van der Waals surface area contributed by atoms with Gasteiger partial charge >= 0.3 is 0 Å². The van der Waals surface area contributed by atoms with E-state index in [1.54, 1.807) is 0 Å². The minimum absolute atomic E-state index is 0.486. The van der Waals surface area contributed by atoms with Crippen LogP contribution in [0, 0.1) is 16.7 Å². The number of hydrogen-bond acceptors (Lipinski definition) is 0. The standard InChI is InChI=1S/C13H28/c1-8-11(13(5,6)7)9-10-12(2,3)4/h11H,8-10H2,1-7H3. The molecule has 0 aliphatic carbocycles. The molecule has 0 spiro atoms. The Hall–Kier alpha value is 0. The summed E-state index contributed by atoms with van der Waals surface area (Å²) in [7, 11) is 0. The van der Waals surface area contributed by atoms with Crippen LogP contribution in [0.15, 0.2) is 0 Å². The summed E-state index contributed by atoms with van der Waals surface area (Å²) >= 11 is 0. The van der Waals surface area contributed by atoms with Gasteiger partial charge < -0.3 is 0 Å². The first-order valence-corrected chi connectivity index (χ1v) is 5.67. The van der Waals surface area contributed by atoms with E-state index in [0.29, 0.717) is 10.8 Å². The summed E-state index contributed by atoms with van der Waals surface area (Å²) in [5, 5.41) is 0. The van der Waals surface area contributed by atoms with Crippen LogP contribution in [0.5, 0.6) is 0 Å². The quantitative estimate of drug-likeness (QED) is 0.586. The van der Waals surface area contributed by atoms with Gasteiger partial charge in [0.1, 0.15) is 0 Å².